The van der Waals surface area contributed by atoms with Crippen LogP contribution in [0.15, 0.2) is 69.0 Å². The molecule has 8 heteroatoms. The van der Waals surface area contributed by atoms with E-state index >= 15 is 0 Å². The molecule has 0 radical (unpaired) electrons. The number of esters is 1. The van der Waals surface area contributed by atoms with Crippen LogP contribution in [0.3, 0.4) is 0 Å². The van der Waals surface area contributed by atoms with Gasteiger partial charge in [0.15, 0.2) is 11.0 Å². The first-order valence-electron chi connectivity index (χ1n) is 8.96. The van der Waals surface area contributed by atoms with Gasteiger partial charge in [-0.1, -0.05) is 42.1 Å². The Hall–Kier alpha value is -3.26. The van der Waals surface area contributed by atoms with Crippen LogP contribution >= 0.6 is 11.8 Å². The second kappa shape index (κ2) is 8.40. The van der Waals surface area contributed by atoms with E-state index in [1.165, 1.54) is 25.1 Å². The van der Waals surface area contributed by atoms with Crippen LogP contribution in [0.2, 0.25) is 0 Å². The summed E-state index contributed by atoms with van der Waals surface area (Å²) in [6.07, 6.45) is 3.13. The minimum Gasteiger partial charge on any atom is -0.469 e. The Morgan fingerprint density at radius 3 is 2.62 bits per heavy atom. The molecule has 3 heterocycles. The standard InChI is InChI=1S/C21H19N3O4S/c1-14-17(9-11-27-14)19-22-23-21(24(19)12-15-6-4-3-5-7-15)29-13-16-8-10-28-18(16)20(25)26-2/h3-11H,12-13H2,1-2H3. The van der Waals surface area contributed by atoms with Gasteiger partial charge in [-0.25, -0.2) is 4.79 Å². The molecule has 0 atom stereocenters. The van der Waals surface area contributed by atoms with E-state index < -0.39 is 5.97 Å². The molecule has 148 valence electrons. The lowest BCUT2D eigenvalue weighted by atomic mass is 10.2. The SMILES string of the molecule is COC(=O)c1occc1CSc1nnc(-c2ccoc2C)n1Cc1ccccc1. The molecule has 0 aliphatic carbocycles. The molecule has 0 fully saturated rings. The highest BCUT2D eigenvalue weighted by molar-refractivity contribution is 7.98. The van der Waals surface area contributed by atoms with Crippen LogP contribution in [0, 0.1) is 6.92 Å². The van der Waals surface area contributed by atoms with Crippen molar-refractivity contribution in [1.29, 1.82) is 0 Å². The summed E-state index contributed by atoms with van der Waals surface area (Å²) in [5.41, 5.74) is 2.78. The van der Waals surface area contributed by atoms with Gasteiger partial charge in [-0.2, -0.15) is 0 Å². The van der Waals surface area contributed by atoms with Gasteiger partial charge in [0.2, 0.25) is 5.76 Å². The number of methoxy groups -OCH3 is 1. The van der Waals surface area contributed by atoms with Crippen molar-refractivity contribution in [2.24, 2.45) is 0 Å². The number of ether oxygens (including phenoxy) is 1. The van der Waals surface area contributed by atoms with Crippen molar-refractivity contribution < 1.29 is 18.4 Å². The summed E-state index contributed by atoms with van der Waals surface area (Å²) in [6, 6.07) is 13.8. The number of nitrogens with zero attached hydrogens (tertiary/aromatic N) is 3. The van der Waals surface area contributed by atoms with Gasteiger partial charge in [0, 0.05) is 11.3 Å². The zero-order valence-corrected chi connectivity index (χ0v) is 16.8. The van der Waals surface area contributed by atoms with Gasteiger partial charge in [0.25, 0.3) is 0 Å². The number of thioether (sulfide) groups is 1. The molecular weight excluding hydrogens is 390 g/mol. The summed E-state index contributed by atoms with van der Waals surface area (Å²) in [5, 5.41) is 9.53. The molecule has 0 bridgehead atoms. The van der Waals surface area contributed by atoms with Crippen molar-refractivity contribution in [3.63, 3.8) is 0 Å². The third-order valence-electron chi connectivity index (χ3n) is 4.47. The third kappa shape index (κ3) is 3.97. The number of carbonyl (C=O) groups excluding carboxylic acids is 1. The van der Waals surface area contributed by atoms with E-state index in [1.807, 2.05) is 31.2 Å². The van der Waals surface area contributed by atoms with Crippen molar-refractivity contribution in [2.45, 2.75) is 24.4 Å². The van der Waals surface area contributed by atoms with Crippen molar-refractivity contribution >= 4 is 17.7 Å². The molecule has 0 N–H and O–H groups in total. The van der Waals surface area contributed by atoms with Gasteiger partial charge in [-0.3, -0.25) is 4.57 Å². The van der Waals surface area contributed by atoms with Crippen molar-refractivity contribution in [3.05, 3.63) is 77.6 Å². The topological polar surface area (TPSA) is 83.3 Å². The van der Waals surface area contributed by atoms with E-state index in [2.05, 4.69) is 26.9 Å². The monoisotopic (exact) mass is 409 g/mol. The maximum absolute atomic E-state index is 11.8. The van der Waals surface area contributed by atoms with Crippen molar-refractivity contribution in [2.75, 3.05) is 7.11 Å². The van der Waals surface area contributed by atoms with Gasteiger partial charge in [0.1, 0.15) is 5.76 Å². The van der Waals surface area contributed by atoms with Crippen LogP contribution in [0.1, 0.15) is 27.4 Å². The number of benzene rings is 1. The molecule has 0 unspecified atom stereocenters. The second-order valence-corrected chi connectivity index (χ2v) is 7.27. The summed E-state index contributed by atoms with van der Waals surface area (Å²) >= 11 is 1.48. The zero-order chi connectivity index (χ0) is 20.2. The molecule has 29 heavy (non-hydrogen) atoms. The Morgan fingerprint density at radius 2 is 1.90 bits per heavy atom. The third-order valence-corrected chi connectivity index (χ3v) is 5.49. The van der Waals surface area contributed by atoms with Gasteiger partial charge >= 0.3 is 5.97 Å². The maximum Gasteiger partial charge on any atom is 0.374 e. The van der Waals surface area contributed by atoms with Crippen LogP contribution in [-0.2, 0) is 17.0 Å². The van der Waals surface area contributed by atoms with Crippen LogP contribution in [0.25, 0.3) is 11.4 Å². The summed E-state index contributed by atoms with van der Waals surface area (Å²) in [5.74, 6) is 1.73. The van der Waals surface area contributed by atoms with E-state index in [9.17, 15) is 4.79 Å². The Morgan fingerprint density at radius 1 is 1.10 bits per heavy atom. The largest absolute Gasteiger partial charge is 0.469 e. The normalized spacial score (nSPS) is 11.0. The first-order chi connectivity index (χ1) is 14.2. The maximum atomic E-state index is 11.8. The second-order valence-electron chi connectivity index (χ2n) is 6.32. The molecule has 4 aromatic rings. The number of hydrogen-bond acceptors (Lipinski definition) is 7. The molecule has 0 saturated heterocycles. The number of aromatic nitrogens is 3. The minimum atomic E-state index is -0.494. The van der Waals surface area contributed by atoms with Crippen LogP contribution in [-0.4, -0.2) is 27.8 Å². The highest BCUT2D eigenvalue weighted by Crippen LogP contribution is 2.30. The Labute approximate surface area is 171 Å². The van der Waals surface area contributed by atoms with Crippen LogP contribution < -0.4 is 0 Å². The van der Waals surface area contributed by atoms with Gasteiger partial charge in [-0.05, 0) is 24.6 Å². The van der Waals surface area contributed by atoms with Gasteiger partial charge < -0.3 is 13.6 Å². The number of hydrogen-bond donors (Lipinski definition) is 0. The molecule has 3 aromatic heterocycles. The Bertz CT molecular complexity index is 1110. The predicted octanol–water partition coefficient (Wildman–Crippen LogP) is 4.57. The predicted molar refractivity (Wildman–Crippen MR) is 108 cm³/mol. The molecule has 1 aromatic carbocycles. The molecule has 0 aliphatic heterocycles. The fourth-order valence-corrected chi connectivity index (χ4v) is 3.90. The van der Waals surface area contributed by atoms with E-state index in [1.54, 1.807) is 12.3 Å². The average Bonchev–Trinajstić information content (AvgIpc) is 3.47. The van der Waals surface area contributed by atoms with E-state index in [0.717, 1.165) is 33.4 Å². The quantitative estimate of drug-likeness (QED) is 0.327. The number of aryl methyl sites for hydroxylation is 1. The van der Waals surface area contributed by atoms with Crippen LogP contribution in [0.5, 0.6) is 0 Å². The number of carbonyl (C=O) groups is 1. The zero-order valence-electron chi connectivity index (χ0n) is 16.0. The lowest BCUT2D eigenvalue weighted by Gasteiger charge is -2.10. The van der Waals surface area contributed by atoms with Crippen molar-refractivity contribution in [1.82, 2.24) is 14.8 Å². The van der Waals surface area contributed by atoms with Crippen LogP contribution in [0.4, 0.5) is 0 Å². The highest BCUT2D eigenvalue weighted by atomic mass is 32.2. The molecule has 0 spiro atoms. The Balaban J connectivity index is 1.65. The summed E-state index contributed by atoms with van der Waals surface area (Å²) in [4.78, 5) is 11.8. The Kier molecular flexibility index (Phi) is 5.53. The molecule has 0 amide bonds. The smallest absolute Gasteiger partial charge is 0.374 e. The van der Waals surface area contributed by atoms with E-state index in [0.29, 0.717) is 12.3 Å². The summed E-state index contributed by atoms with van der Waals surface area (Å²) in [6.45, 7) is 2.52. The average molecular weight is 409 g/mol. The molecule has 4 rings (SSSR count). The first kappa shape index (κ1) is 19.1. The number of furan rings is 2. The molecule has 7 nitrogen and oxygen atoms in total. The highest BCUT2D eigenvalue weighted by Gasteiger charge is 2.20. The van der Waals surface area contributed by atoms with E-state index in [-0.39, 0.29) is 5.76 Å². The fourth-order valence-electron chi connectivity index (χ4n) is 2.98. The minimum absolute atomic E-state index is 0.208. The summed E-state index contributed by atoms with van der Waals surface area (Å²) in [7, 11) is 1.33. The molecular formula is C21H19N3O4S. The lowest BCUT2D eigenvalue weighted by molar-refractivity contribution is 0.0564. The van der Waals surface area contributed by atoms with Gasteiger partial charge in [-0.15, -0.1) is 10.2 Å². The fraction of sp³-hybridized carbons (Fsp3) is 0.190. The lowest BCUT2D eigenvalue weighted by Crippen LogP contribution is -2.05. The number of rotatable bonds is 7. The molecule has 0 saturated carbocycles. The first-order valence-corrected chi connectivity index (χ1v) is 9.95. The summed E-state index contributed by atoms with van der Waals surface area (Å²) < 4.78 is 17.5. The van der Waals surface area contributed by atoms with Crippen molar-refractivity contribution in [3.8, 4) is 11.4 Å². The van der Waals surface area contributed by atoms with E-state index in [4.69, 9.17) is 13.6 Å². The molecule has 0 aliphatic rings. The van der Waals surface area contributed by atoms with Gasteiger partial charge in [0.05, 0.1) is 31.7 Å².